The Labute approximate surface area is 398 Å². The lowest BCUT2D eigenvalue weighted by molar-refractivity contribution is -0.155. The van der Waals surface area contributed by atoms with Crippen LogP contribution >= 0.6 is 0 Å². The van der Waals surface area contributed by atoms with Crippen molar-refractivity contribution < 1.29 is 23.8 Å². The summed E-state index contributed by atoms with van der Waals surface area (Å²) in [7, 11) is 0. The summed E-state index contributed by atoms with van der Waals surface area (Å²) in [5.41, 5.74) is 0. The van der Waals surface area contributed by atoms with E-state index in [-0.39, 0.29) is 25.2 Å². The molecule has 1 atom stereocenters. The Bertz CT molecular complexity index is 1100. The van der Waals surface area contributed by atoms with Gasteiger partial charge in [-0.15, -0.1) is 0 Å². The van der Waals surface area contributed by atoms with Crippen LogP contribution in [0.1, 0.15) is 278 Å². The second-order valence-electron chi connectivity index (χ2n) is 18.5. The van der Waals surface area contributed by atoms with E-state index >= 15 is 0 Å². The molecule has 0 aliphatic carbocycles. The van der Waals surface area contributed by atoms with E-state index in [0.717, 1.165) is 70.6 Å². The predicted octanol–water partition coefficient (Wildman–Crippen LogP) is 18.9. The summed E-state index contributed by atoms with van der Waals surface area (Å²) in [5, 5.41) is 0. The van der Waals surface area contributed by atoms with Gasteiger partial charge in [0.05, 0.1) is 0 Å². The van der Waals surface area contributed by atoms with Crippen LogP contribution in [0.3, 0.4) is 0 Å². The molecule has 0 aliphatic rings. The quantitative estimate of drug-likeness (QED) is 0.0346. The fourth-order valence-corrected chi connectivity index (χ4v) is 7.82. The van der Waals surface area contributed by atoms with Crippen LogP contribution in [0.15, 0.2) is 60.8 Å². The summed E-state index contributed by atoms with van der Waals surface area (Å²) in [6.07, 6.45) is 69.7. The molecule has 5 nitrogen and oxygen atoms in total. The molecule has 0 aromatic rings. The van der Waals surface area contributed by atoms with Crippen LogP contribution in [-0.4, -0.2) is 37.9 Å². The van der Waals surface area contributed by atoms with Gasteiger partial charge in [-0.25, -0.2) is 0 Å². The van der Waals surface area contributed by atoms with E-state index in [1.54, 1.807) is 0 Å². The topological polar surface area (TPSA) is 61.8 Å². The number of esters is 2. The first-order valence-corrected chi connectivity index (χ1v) is 27.8. The van der Waals surface area contributed by atoms with Gasteiger partial charge < -0.3 is 14.2 Å². The van der Waals surface area contributed by atoms with Crippen molar-refractivity contribution in [2.45, 2.75) is 284 Å². The third kappa shape index (κ3) is 52.2. The van der Waals surface area contributed by atoms with Crippen molar-refractivity contribution in [1.82, 2.24) is 0 Å². The molecule has 0 amide bonds. The molecule has 0 fully saturated rings. The minimum atomic E-state index is -0.418. The van der Waals surface area contributed by atoms with Gasteiger partial charge in [0.1, 0.15) is 19.3 Å². The van der Waals surface area contributed by atoms with E-state index in [4.69, 9.17) is 14.2 Å². The van der Waals surface area contributed by atoms with Gasteiger partial charge in [0.15, 0.2) is 0 Å². The molecular weight excluding hydrogens is 789 g/mol. The summed E-state index contributed by atoms with van der Waals surface area (Å²) in [4.78, 5) is 25.3. The maximum Gasteiger partial charge on any atom is 0.305 e. The molecule has 0 N–H and O–H groups in total. The van der Waals surface area contributed by atoms with E-state index in [1.807, 2.05) is 0 Å². The molecule has 0 saturated heterocycles. The molecule has 0 aliphatic heterocycles. The molecule has 0 aromatic carbocycles. The lowest BCUT2D eigenvalue weighted by atomic mass is 10.0. The zero-order valence-electron chi connectivity index (χ0n) is 42.8. The Morgan fingerprint density at radius 1 is 0.328 bits per heavy atom. The highest BCUT2D eigenvalue weighted by Gasteiger charge is 2.16. The van der Waals surface area contributed by atoms with Crippen LogP contribution in [0.5, 0.6) is 0 Å². The minimum absolute atomic E-state index is 0.136. The van der Waals surface area contributed by atoms with Crippen molar-refractivity contribution in [1.29, 1.82) is 0 Å². The van der Waals surface area contributed by atoms with E-state index in [2.05, 4.69) is 81.5 Å². The standard InChI is InChI=1S/C59H106O5/c1-4-7-10-13-16-19-22-25-28-30-32-35-38-41-44-47-50-53-59(61)64-56-57(62-54-51-48-45-42-39-36-33-29-26-23-20-17-14-11-8-5-2)55-63-58(60)52-49-46-43-40-37-34-31-27-24-21-18-15-12-9-6-3/h16,18-19,21,25,27-28,31,37,40,57H,4-15,17,20,22-24,26,29-30,32-36,38-39,41-56H2,1-3H3/b19-16-,21-18-,28-25-,31-27-,40-37-/t57-/m0/s1. The molecule has 5 heteroatoms. The van der Waals surface area contributed by atoms with E-state index in [0.29, 0.717) is 19.4 Å². The average Bonchev–Trinajstić information content (AvgIpc) is 3.30. The summed E-state index contributed by atoms with van der Waals surface area (Å²) in [6, 6.07) is 0. The van der Waals surface area contributed by atoms with Gasteiger partial charge in [0, 0.05) is 19.4 Å². The highest BCUT2D eigenvalue weighted by molar-refractivity contribution is 5.69. The van der Waals surface area contributed by atoms with E-state index in [1.165, 1.54) is 173 Å². The average molecular weight is 895 g/mol. The van der Waals surface area contributed by atoms with Gasteiger partial charge in [-0.3, -0.25) is 9.59 Å². The number of allylic oxidation sites excluding steroid dienone is 10. The number of carbonyl (C=O) groups excluding carboxylic acids is 2. The number of hydrogen-bond donors (Lipinski definition) is 0. The van der Waals surface area contributed by atoms with Gasteiger partial charge in [-0.1, -0.05) is 236 Å². The maximum absolute atomic E-state index is 12.6. The Morgan fingerprint density at radius 3 is 0.984 bits per heavy atom. The second kappa shape index (κ2) is 54.9. The van der Waals surface area contributed by atoms with Gasteiger partial charge in [0.25, 0.3) is 0 Å². The zero-order valence-corrected chi connectivity index (χ0v) is 42.8. The van der Waals surface area contributed by atoms with Crippen molar-refractivity contribution >= 4 is 11.9 Å². The Hall–Kier alpha value is -2.40. The van der Waals surface area contributed by atoms with Crippen LogP contribution in [0.4, 0.5) is 0 Å². The maximum atomic E-state index is 12.6. The van der Waals surface area contributed by atoms with Crippen LogP contribution < -0.4 is 0 Å². The van der Waals surface area contributed by atoms with E-state index in [9.17, 15) is 9.59 Å². The van der Waals surface area contributed by atoms with Crippen molar-refractivity contribution in [2.75, 3.05) is 19.8 Å². The van der Waals surface area contributed by atoms with Gasteiger partial charge >= 0.3 is 11.9 Å². The number of rotatable bonds is 51. The molecule has 64 heavy (non-hydrogen) atoms. The first-order valence-electron chi connectivity index (χ1n) is 27.8. The fourth-order valence-electron chi connectivity index (χ4n) is 7.82. The third-order valence-electron chi connectivity index (χ3n) is 12.1. The Kier molecular flexibility index (Phi) is 52.9. The number of unbranched alkanes of at least 4 members (excludes halogenated alkanes) is 30. The summed E-state index contributed by atoms with van der Waals surface area (Å²) in [6.45, 7) is 7.66. The number of hydrogen-bond acceptors (Lipinski definition) is 5. The third-order valence-corrected chi connectivity index (χ3v) is 12.1. The molecule has 0 heterocycles. The monoisotopic (exact) mass is 895 g/mol. The highest BCUT2D eigenvalue weighted by atomic mass is 16.6. The molecule has 0 saturated carbocycles. The van der Waals surface area contributed by atoms with Crippen molar-refractivity contribution in [2.24, 2.45) is 0 Å². The lowest BCUT2D eigenvalue weighted by Crippen LogP contribution is -2.29. The number of carbonyl (C=O) groups is 2. The SMILES string of the molecule is CCCCC/C=C\C/C=C\C/C=C\CCCCC(=O)OC[C@@H](COC(=O)CCCCCCCCC/C=C\C/C=C\CCCCC)OCCCCCCCCCCCCCCCCCC. The van der Waals surface area contributed by atoms with Crippen LogP contribution in [-0.2, 0) is 23.8 Å². The molecule has 0 radical (unpaired) electrons. The first kappa shape index (κ1) is 61.6. The van der Waals surface area contributed by atoms with Gasteiger partial charge in [0.2, 0.25) is 0 Å². The molecule has 0 bridgehead atoms. The molecule has 0 rings (SSSR count). The summed E-state index contributed by atoms with van der Waals surface area (Å²) < 4.78 is 17.5. The molecule has 0 aromatic heterocycles. The van der Waals surface area contributed by atoms with Gasteiger partial charge in [-0.05, 0) is 89.9 Å². The Balaban J connectivity index is 4.31. The van der Waals surface area contributed by atoms with Gasteiger partial charge in [-0.2, -0.15) is 0 Å². The summed E-state index contributed by atoms with van der Waals surface area (Å²) in [5.74, 6) is -0.377. The van der Waals surface area contributed by atoms with Crippen LogP contribution in [0.25, 0.3) is 0 Å². The highest BCUT2D eigenvalue weighted by Crippen LogP contribution is 2.15. The van der Waals surface area contributed by atoms with Crippen molar-refractivity contribution in [3.63, 3.8) is 0 Å². The van der Waals surface area contributed by atoms with Crippen molar-refractivity contribution in [3.8, 4) is 0 Å². The lowest BCUT2D eigenvalue weighted by Gasteiger charge is -2.18. The predicted molar refractivity (Wildman–Crippen MR) is 279 cm³/mol. The van der Waals surface area contributed by atoms with Crippen LogP contribution in [0, 0.1) is 0 Å². The largest absolute Gasteiger partial charge is 0.463 e. The summed E-state index contributed by atoms with van der Waals surface area (Å²) >= 11 is 0. The molecule has 0 unspecified atom stereocenters. The molecule has 372 valence electrons. The fraction of sp³-hybridized carbons (Fsp3) is 0.797. The van der Waals surface area contributed by atoms with Crippen LogP contribution in [0.2, 0.25) is 0 Å². The Morgan fingerprint density at radius 2 is 0.594 bits per heavy atom. The zero-order chi connectivity index (χ0) is 46.3. The van der Waals surface area contributed by atoms with E-state index < -0.39 is 6.10 Å². The normalized spacial score (nSPS) is 12.6. The number of ether oxygens (including phenoxy) is 3. The minimum Gasteiger partial charge on any atom is -0.463 e. The molecular formula is C59H106O5. The smallest absolute Gasteiger partial charge is 0.305 e. The molecule has 0 spiro atoms. The van der Waals surface area contributed by atoms with Crippen molar-refractivity contribution in [3.05, 3.63) is 60.8 Å². The second-order valence-corrected chi connectivity index (χ2v) is 18.5. The first-order chi connectivity index (χ1) is 31.6.